The molecule has 0 rings (SSSR count). The zero-order valence-electron chi connectivity index (χ0n) is 5.96. The summed E-state index contributed by atoms with van der Waals surface area (Å²) in [5.41, 5.74) is 0. The van der Waals surface area contributed by atoms with Gasteiger partial charge in [-0.2, -0.15) is 0 Å². The molecule has 0 aromatic carbocycles. The highest BCUT2D eigenvalue weighted by Gasteiger charge is 2.13. The Balaban J connectivity index is 3.69. The van der Waals surface area contributed by atoms with Gasteiger partial charge in [0.15, 0.2) is 0 Å². The van der Waals surface area contributed by atoms with Crippen LogP contribution in [0.3, 0.4) is 0 Å². The van der Waals surface area contributed by atoms with Crippen molar-refractivity contribution < 1.29 is 19.4 Å². The molecule has 0 radical (unpaired) electrons. The third-order valence-electron chi connectivity index (χ3n) is 0.844. The van der Waals surface area contributed by atoms with Crippen LogP contribution in [0, 0.1) is 0 Å². The van der Waals surface area contributed by atoms with Crippen molar-refractivity contribution in [2.45, 2.75) is 26.4 Å². The van der Waals surface area contributed by atoms with E-state index >= 15 is 0 Å². The second kappa shape index (κ2) is 4.00. The molecular formula is C6H10O4. The Morgan fingerprint density at radius 3 is 2.40 bits per heavy atom. The van der Waals surface area contributed by atoms with Gasteiger partial charge in [0.25, 0.3) is 0 Å². The van der Waals surface area contributed by atoms with Crippen molar-refractivity contribution in [3.63, 3.8) is 0 Å². The van der Waals surface area contributed by atoms with Gasteiger partial charge in [0.1, 0.15) is 6.10 Å². The Hall–Kier alpha value is -0.900. The van der Waals surface area contributed by atoms with E-state index in [1.165, 1.54) is 6.92 Å². The molecule has 0 aromatic rings. The Labute approximate surface area is 58.8 Å². The number of carbonyl (C=O) groups excluding carboxylic acids is 2. The van der Waals surface area contributed by atoms with Crippen LogP contribution < -0.4 is 0 Å². The summed E-state index contributed by atoms with van der Waals surface area (Å²) >= 11 is 0. The van der Waals surface area contributed by atoms with Crippen LogP contribution in [0.5, 0.6) is 0 Å². The zero-order valence-corrected chi connectivity index (χ0v) is 5.96. The lowest BCUT2D eigenvalue weighted by molar-refractivity contribution is -0.165. The molecule has 0 heterocycles. The third kappa shape index (κ3) is 3.19. The summed E-state index contributed by atoms with van der Waals surface area (Å²) in [6.45, 7) is 2.81. The van der Waals surface area contributed by atoms with Crippen molar-refractivity contribution in [2.24, 2.45) is 0 Å². The number of aliphatic hydroxyl groups excluding tert-OH is 1. The van der Waals surface area contributed by atoms with Crippen molar-refractivity contribution in [1.29, 1.82) is 0 Å². The highest BCUT2D eigenvalue weighted by molar-refractivity contribution is 5.87. The molecular weight excluding hydrogens is 136 g/mol. The zero-order chi connectivity index (χ0) is 8.15. The molecule has 1 N–H and O–H groups in total. The molecule has 0 aliphatic rings. The number of esters is 2. The molecule has 0 unspecified atom stereocenters. The standard InChI is InChI=1S/C6H10O4/c1-3-5(8)10-6(9)4(2)7/h4,7H,3H2,1-2H3/t4-/m1/s1. The summed E-state index contributed by atoms with van der Waals surface area (Å²) in [4.78, 5) is 20.8. The number of hydrogen-bond acceptors (Lipinski definition) is 4. The number of carbonyl (C=O) groups is 2. The molecule has 0 saturated carbocycles. The van der Waals surface area contributed by atoms with Gasteiger partial charge in [-0.15, -0.1) is 0 Å². The maximum absolute atomic E-state index is 10.4. The number of hydrogen-bond donors (Lipinski definition) is 1. The van der Waals surface area contributed by atoms with Crippen molar-refractivity contribution in [1.82, 2.24) is 0 Å². The highest BCUT2D eigenvalue weighted by atomic mass is 16.6. The summed E-state index contributed by atoms with van der Waals surface area (Å²) in [5.74, 6) is -1.52. The van der Waals surface area contributed by atoms with E-state index in [-0.39, 0.29) is 6.42 Å². The maximum atomic E-state index is 10.4. The fourth-order valence-corrected chi connectivity index (χ4v) is 0.270. The molecule has 0 bridgehead atoms. The molecule has 0 amide bonds. The Morgan fingerprint density at radius 1 is 1.60 bits per heavy atom. The first-order valence-electron chi connectivity index (χ1n) is 3.00. The average Bonchev–Trinajstić information content (AvgIpc) is 1.87. The van der Waals surface area contributed by atoms with Crippen molar-refractivity contribution in [3.8, 4) is 0 Å². The SMILES string of the molecule is CCC(=O)OC(=O)[C@@H](C)O. The summed E-state index contributed by atoms with van der Waals surface area (Å²) in [7, 11) is 0. The number of ether oxygens (including phenoxy) is 1. The fraction of sp³-hybridized carbons (Fsp3) is 0.667. The minimum absolute atomic E-state index is 0.137. The van der Waals surface area contributed by atoms with Crippen molar-refractivity contribution in [2.75, 3.05) is 0 Å². The molecule has 10 heavy (non-hydrogen) atoms. The van der Waals surface area contributed by atoms with Gasteiger partial charge >= 0.3 is 11.9 Å². The summed E-state index contributed by atoms with van der Waals surface area (Å²) in [5, 5.41) is 8.54. The molecule has 1 atom stereocenters. The first-order valence-corrected chi connectivity index (χ1v) is 3.00. The largest absolute Gasteiger partial charge is 0.391 e. The highest BCUT2D eigenvalue weighted by Crippen LogP contribution is 1.89. The molecule has 0 aliphatic carbocycles. The Bertz CT molecular complexity index is 139. The lowest BCUT2D eigenvalue weighted by atomic mass is 10.4. The molecule has 4 heteroatoms. The smallest absolute Gasteiger partial charge is 0.342 e. The van der Waals surface area contributed by atoms with E-state index in [4.69, 9.17) is 5.11 Å². The summed E-state index contributed by atoms with van der Waals surface area (Å²) in [6, 6.07) is 0. The second-order valence-corrected chi connectivity index (χ2v) is 1.82. The molecule has 58 valence electrons. The van der Waals surface area contributed by atoms with E-state index in [1.54, 1.807) is 6.92 Å². The monoisotopic (exact) mass is 146 g/mol. The van der Waals surface area contributed by atoms with Crippen LogP contribution in [0.25, 0.3) is 0 Å². The Kier molecular flexibility index (Phi) is 3.64. The van der Waals surface area contributed by atoms with E-state index in [2.05, 4.69) is 4.74 Å². The lowest BCUT2D eigenvalue weighted by Gasteiger charge is -2.01. The van der Waals surface area contributed by atoms with Crippen LogP contribution >= 0.6 is 0 Å². The van der Waals surface area contributed by atoms with Gasteiger partial charge in [-0.1, -0.05) is 6.92 Å². The topological polar surface area (TPSA) is 63.6 Å². The van der Waals surface area contributed by atoms with Gasteiger partial charge in [0, 0.05) is 6.42 Å². The van der Waals surface area contributed by atoms with Crippen LogP contribution in [0.15, 0.2) is 0 Å². The fourth-order valence-electron chi connectivity index (χ4n) is 0.270. The minimum Gasteiger partial charge on any atom is -0.391 e. The summed E-state index contributed by atoms with van der Waals surface area (Å²) in [6.07, 6.45) is -1.09. The predicted molar refractivity (Wildman–Crippen MR) is 33.1 cm³/mol. The van der Waals surface area contributed by atoms with Gasteiger partial charge in [-0.25, -0.2) is 4.79 Å². The van der Waals surface area contributed by atoms with Crippen LogP contribution in [0.2, 0.25) is 0 Å². The minimum atomic E-state index is -1.23. The maximum Gasteiger partial charge on any atom is 0.342 e. The lowest BCUT2D eigenvalue weighted by Crippen LogP contribution is -2.22. The van der Waals surface area contributed by atoms with Gasteiger partial charge in [-0.05, 0) is 6.92 Å². The van der Waals surface area contributed by atoms with Gasteiger partial charge in [0.2, 0.25) is 0 Å². The van der Waals surface area contributed by atoms with Crippen molar-refractivity contribution >= 4 is 11.9 Å². The third-order valence-corrected chi connectivity index (χ3v) is 0.844. The van der Waals surface area contributed by atoms with Crippen LogP contribution in [0.1, 0.15) is 20.3 Å². The van der Waals surface area contributed by atoms with E-state index in [0.29, 0.717) is 0 Å². The first kappa shape index (κ1) is 9.10. The van der Waals surface area contributed by atoms with E-state index in [0.717, 1.165) is 0 Å². The van der Waals surface area contributed by atoms with Gasteiger partial charge in [-0.3, -0.25) is 4.79 Å². The quantitative estimate of drug-likeness (QED) is 0.434. The molecule has 0 aliphatic heterocycles. The van der Waals surface area contributed by atoms with Crippen molar-refractivity contribution in [3.05, 3.63) is 0 Å². The molecule has 0 spiro atoms. The molecule has 0 fully saturated rings. The van der Waals surface area contributed by atoms with Crippen LogP contribution in [0.4, 0.5) is 0 Å². The number of aliphatic hydroxyl groups is 1. The van der Waals surface area contributed by atoms with Gasteiger partial charge in [0.05, 0.1) is 0 Å². The average molecular weight is 146 g/mol. The first-order chi connectivity index (χ1) is 4.57. The normalized spacial score (nSPS) is 12.3. The molecule has 4 nitrogen and oxygen atoms in total. The Morgan fingerprint density at radius 2 is 2.10 bits per heavy atom. The number of rotatable bonds is 2. The molecule has 0 aromatic heterocycles. The molecule has 0 saturated heterocycles. The second-order valence-electron chi connectivity index (χ2n) is 1.82. The van der Waals surface area contributed by atoms with E-state index in [9.17, 15) is 9.59 Å². The van der Waals surface area contributed by atoms with E-state index in [1.807, 2.05) is 0 Å². The van der Waals surface area contributed by atoms with Crippen LogP contribution in [-0.2, 0) is 14.3 Å². The van der Waals surface area contributed by atoms with E-state index < -0.39 is 18.0 Å². The summed E-state index contributed by atoms with van der Waals surface area (Å²) < 4.78 is 4.13. The van der Waals surface area contributed by atoms with Crippen LogP contribution in [-0.4, -0.2) is 23.1 Å². The van der Waals surface area contributed by atoms with Gasteiger partial charge < -0.3 is 9.84 Å². The predicted octanol–water partition coefficient (Wildman–Crippen LogP) is -0.153.